The molecular weight excluding hydrogens is 355 g/mol. The van der Waals surface area contributed by atoms with E-state index < -0.39 is 22.7 Å². The molecule has 0 bridgehead atoms. The second kappa shape index (κ2) is 5.63. The van der Waals surface area contributed by atoms with E-state index in [0.717, 1.165) is 6.07 Å². The molecular formula is C10H7IN2O5. The average molecular weight is 362 g/mol. The molecule has 0 aliphatic carbocycles. The van der Waals surface area contributed by atoms with Crippen LogP contribution in [-0.2, 0) is 4.79 Å². The van der Waals surface area contributed by atoms with E-state index in [-0.39, 0.29) is 11.3 Å². The normalized spacial score (nSPS) is 11.4. The van der Waals surface area contributed by atoms with E-state index in [4.69, 9.17) is 15.1 Å². The molecule has 0 aromatic heterocycles. The van der Waals surface area contributed by atoms with Gasteiger partial charge in [-0.15, -0.1) is 0 Å². The molecule has 0 fully saturated rings. The van der Waals surface area contributed by atoms with Crippen LogP contribution in [0.5, 0.6) is 5.75 Å². The van der Waals surface area contributed by atoms with Gasteiger partial charge in [-0.25, -0.2) is 4.79 Å². The van der Waals surface area contributed by atoms with Crippen LogP contribution in [0.1, 0.15) is 12.5 Å². The van der Waals surface area contributed by atoms with Crippen molar-refractivity contribution in [2.24, 2.45) is 0 Å². The molecule has 18 heavy (non-hydrogen) atoms. The number of benzene rings is 1. The van der Waals surface area contributed by atoms with Crippen LogP contribution in [0.4, 0.5) is 5.69 Å². The number of hydrogen-bond acceptors (Lipinski definition) is 5. The Kier molecular flexibility index (Phi) is 4.43. The monoisotopic (exact) mass is 362 g/mol. The summed E-state index contributed by atoms with van der Waals surface area (Å²) in [7, 11) is 0. The van der Waals surface area contributed by atoms with Gasteiger partial charge >= 0.3 is 11.7 Å². The molecule has 94 valence electrons. The largest absolute Gasteiger partial charge is 0.479 e. The van der Waals surface area contributed by atoms with Gasteiger partial charge in [-0.1, -0.05) is 0 Å². The van der Waals surface area contributed by atoms with E-state index >= 15 is 0 Å². The molecule has 1 rings (SSSR count). The Morgan fingerprint density at radius 2 is 2.28 bits per heavy atom. The maximum atomic E-state index is 10.9. The van der Waals surface area contributed by atoms with Gasteiger partial charge in [-0.05, 0) is 35.6 Å². The lowest BCUT2D eigenvalue weighted by molar-refractivity contribution is -0.386. The summed E-state index contributed by atoms with van der Waals surface area (Å²) in [4.78, 5) is 20.8. The van der Waals surface area contributed by atoms with Crippen molar-refractivity contribution < 1.29 is 19.6 Å². The van der Waals surface area contributed by atoms with Crippen LogP contribution in [0, 0.1) is 25.0 Å². The first-order valence-corrected chi connectivity index (χ1v) is 5.72. The van der Waals surface area contributed by atoms with Crippen molar-refractivity contribution in [1.29, 1.82) is 5.26 Å². The van der Waals surface area contributed by atoms with Gasteiger partial charge in [0.15, 0.2) is 6.10 Å². The van der Waals surface area contributed by atoms with Crippen molar-refractivity contribution in [2.45, 2.75) is 13.0 Å². The minimum atomic E-state index is -1.23. The Labute approximate surface area is 115 Å². The van der Waals surface area contributed by atoms with Gasteiger partial charge in [0.2, 0.25) is 5.75 Å². The maximum absolute atomic E-state index is 10.9. The SMILES string of the molecule is C[C@@H](Oc1c(I)cc(C#N)cc1[N+](=O)[O-])C(=O)O. The second-order valence-electron chi connectivity index (χ2n) is 3.27. The minimum Gasteiger partial charge on any atom is -0.479 e. The molecule has 0 spiro atoms. The van der Waals surface area contributed by atoms with Gasteiger partial charge in [-0.3, -0.25) is 10.1 Å². The highest BCUT2D eigenvalue weighted by Crippen LogP contribution is 2.34. The highest BCUT2D eigenvalue weighted by atomic mass is 127. The zero-order valence-electron chi connectivity index (χ0n) is 9.08. The number of carboxylic acid groups (broad SMARTS) is 1. The van der Waals surface area contributed by atoms with Crippen LogP contribution in [0.15, 0.2) is 12.1 Å². The van der Waals surface area contributed by atoms with Crippen molar-refractivity contribution in [2.75, 3.05) is 0 Å². The zero-order chi connectivity index (χ0) is 13.9. The summed E-state index contributed by atoms with van der Waals surface area (Å²) >= 11 is 1.75. The lowest BCUT2D eigenvalue weighted by Gasteiger charge is -2.12. The smallest absolute Gasteiger partial charge is 0.344 e. The van der Waals surface area contributed by atoms with Gasteiger partial charge in [-0.2, -0.15) is 5.26 Å². The first kappa shape index (κ1) is 14.2. The molecule has 0 aliphatic rings. The number of carboxylic acids is 1. The fraction of sp³-hybridized carbons (Fsp3) is 0.200. The summed E-state index contributed by atoms with van der Waals surface area (Å²) < 4.78 is 5.35. The third-order valence-corrected chi connectivity index (χ3v) is 2.79. The number of nitro benzene ring substituents is 1. The van der Waals surface area contributed by atoms with Gasteiger partial charge in [0.05, 0.1) is 20.1 Å². The number of nitro groups is 1. The van der Waals surface area contributed by atoms with Crippen molar-refractivity contribution >= 4 is 34.2 Å². The number of hydrogen-bond donors (Lipinski definition) is 1. The van der Waals surface area contributed by atoms with E-state index in [9.17, 15) is 14.9 Å². The topological polar surface area (TPSA) is 113 Å². The number of aliphatic carboxylic acids is 1. The van der Waals surface area contributed by atoms with Crippen LogP contribution in [0.3, 0.4) is 0 Å². The van der Waals surface area contributed by atoms with Crippen molar-refractivity contribution in [3.05, 3.63) is 31.4 Å². The Morgan fingerprint density at radius 3 is 2.72 bits per heavy atom. The molecule has 7 nitrogen and oxygen atoms in total. The summed E-state index contributed by atoms with van der Waals surface area (Å²) in [6.07, 6.45) is -1.22. The third-order valence-electron chi connectivity index (χ3n) is 1.99. The summed E-state index contributed by atoms with van der Waals surface area (Å²) in [5, 5.41) is 28.3. The number of halogens is 1. The lowest BCUT2D eigenvalue weighted by Crippen LogP contribution is -2.23. The molecule has 0 saturated carbocycles. The number of ether oxygens (including phenoxy) is 1. The Morgan fingerprint density at radius 1 is 1.67 bits per heavy atom. The molecule has 0 radical (unpaired) electrons. The summed E-state index contributed by atoms with van der Waals surface area (Å²) in [5.74, 6) is -1.38. The average Bonchev–Trinajstić information content (AvgIpc) is 2.30. The molecule has 1 atom stereocenters. The summed E-state index contributed by atoms with van der Waals surface area (Å²) in [6, 6.07) is 4.22. The molecule has 0 aliphatic heterocycles. The number of nitriles is 1. The Hall–Kier alpha value is -1.89. The van der Waals surface area contributed by atoms with Crippen molar-refractivity contribution in [3.8, 4) is 11.8 Å². The van der Waals surface area contributed by atoms with E-state index in [0.29, 0.717) is 3.57 Å². The second-order valence-corrected chi connectivity index (χ2v) is 4.44. The van der Waals surface area contributed by atoms with Crippen LogP contribution >= 0.6 is 22.6 Å². The quantitative estimate of drug-likeness (QED) is 0.497. The fourth-order valence-electron chi connectivity index (χ4n) is 1.12. The molecule has 0 saturated heterocycles. The first-order chi connectivity index (χ1) is 8.36. The molecule has 1 aromatic carbocycles. The standard InChI is InChI=1S/C10H7IN2O5/c1-5(10(14)15)18-9-7(11)2-6(4-12)3-8(9)13(16)17/h2-3,5H,1H3,(H,14,15)/t5-/m1/s1. The maximum Gasteiger partial charge on any atom is 0.344 e. The van der Waals surface area contributed by atoms with E-state index in [1.807, 2.05) is 0 Å². The first-order valence-electron chi connectivity index (χ1n) is 4.64. The van der Waals surface area contributed by atoms with Crippen LogP contribution < -0.4 is 4.74 Å². The third kappa shape index (κ3) is 3.07. The molecule has 1 N–H and O–H groups in total. The van der Waals surface area contributed by atoms with E-state index in [1.54, 1.807) is 28.7 Å². The van der Waals surface area contributed by atoms with Gasteiger partial charge in [0, 0.05) is 6.07 Å². The molecule has 1 aromatic rings. The highest BCUT2D eigenvalue weighted by molar-refractivity contribution is 14.1. The predicted molar refractivity (Wildman–Crippen MR) is 68.3 cm³/mol. The van der Waals surface area contributed by atoms with Crippen molar-refractivity contribution in [1.82, 2.24) is 0 Å². The molecule has 0 amide bonds. The minimum absolute atomic E-state index is 0.112. The molecule has 0 heterocycles. The fourth-order valence-corrected chi connectivity index (χ4v) is 1.86. The van der Waals surface area contributed by atoms with Crippen LogP contribution in [-0.4, -0.2) is 22.1 Å². The van der Waals surface area contributed by atoms with E-state index in [2.05, 4.69) is 0 Å². The zero-order valence-corrected chi connectivity index (χ0v) is 11.2. The van der Waals surface area contributed by atoms with Crippen LogP contribution in [0.25, 0.3) is 0 Å². The Balaban J connectivity index is 3.30. The van der Waals surface area contributed by atoms with Gasteiger partial charge in [0.1, 0.15) is 0 Å². The number of carbonyl (C=O) groups is 1. The molecule has 0 unspecified atom stereocenters. The van der Waals surface area contributed by atoms with Crippen molar-refractivity contribution in [3.63, 3.8) is 0 Å². The number of nitrogens with zero attached hydrogens (tertiary/aromatic N) is 2. The number of rotatable bonds is 4. The summed E-state index contributed by atoms with van der Waals surface area (Å²) in [5.41, 5.74) is -0.312. The molecule has 8 heteroatoms. The lowest BCUT2D eigenvalue weighted by atomic mass is 10.2. The van der Waals surface area contributed by atoms with E-state index in [1.165, 1.54) is 13.0 Å². The summed E-state index contributed by atoms with van der Waals surface area (Å²) in [6.45, 7) is 1.26. The van der Waals surface area contributed by atoms with Gasteiger partial charge < -0.3 is 9.84 Å². The highest BCUT2D eigenvalue weighted by Gasteiger charge is 2.24. The van der Waals surface area contributed by atoms with Gasteiger partial charge in [0.25, 0.3) is 0 Å². The predicted octanol–water partition coefficient (Wildman–Crippen LogP) is 1.92. The Bertz CT molecular complexity index is 552. The van der Waals surface area contributed by atoms with Crippen LogP contribution in [0.2, 0.25) is 0 Å².